The Hall–Kier alpha value is -1.36. The third-order valence-corrected chi connectivity index (χ3v) is 2.06. The second-order valence-corrected chi connectivity index (χ2v) is 3.18. The molecule has 0 saturated heterocycles. The maximum Gasteiger partial charge on any atom is 0.310 e. The molecule has 1 heterocycles. The number of nitrogens with two attached hydrogens (primary N) is 1. The van der Waals surface area contributed by atoms with Crippen LogP contribution in [-0.4, -0.2) is 29.4 Å². The number of esters is 1. The van der Waals surface area contributed by atoms with Crippen molar-refractivity contribution in [1.29, 1.82) is 0 Å². The number of carbonyl (C=O) groups excluding carboxylic acids is 1. The first-order chi connectivity index (χ1) is 6.67. The van der Waals surface area contributed by atoms with Crippen LogP contribution in [-0.2, 0) is 23.0 Å². The number of carbonyl (C=O) groups is 1. The highest BCUT2D eigenvalue weighted by Gasteiger charge is 2.18. The highest BCUT2D eigenvalue weighted by atomic mass is 16.5. The Kier molecular flexibility index (Phi) is 3.64. The Morgan fingerprint density at radius 2 is 2.50 bits per heavy atom. The molecule has 1 unspecified atom stereocenters. The molecule has 1 atom stereocenters. The number of rotatable bonds is 4. The van der Waals surface area contributed by atoms with E-state index in [1.807, 2.05) is 13.2 Å². The van der Waals surface area contributed by atoms with Crippen molar-refractivity contribution in [1.82, 2.24) is 9.78 Å². The lowest BCUT2D eigenvalue weighted by molar-refractivity contribution is -0.145. The fourth-order valence-electron chi connectivity index (χ4n) is 1.29. The minimum atomic E-state index is -0.274. The molecule has 0 spiro atoms. The van der Waals surface area contributed by atoms with Gasteiger partial charge >= 0.3 is 5.97 Å². The van der Waals surface area contributed by atoms with Crippen LogP contribution in [0, 0.1) is 5.92 Å². The number of hydrogen-bond acceptors (Lipinski definition) is 4. The predicted molar refractivity (Wildman–Crippen MR) is 51.5 cm³/mol. The van der Waals surface area contributed by atoms with Crippen LogP contribution in [0.25, 0.3) is 0 Å². The Morgan fingerprint density at radius 1 is 1.79 bits per heavy atom. The summed E-state index contributed by atoms with van der Waals surface area (Å²) in [6.07, 6.45) is 4.17. The van der Waals surface area contributed by atoms with Crippen molar-refractivity contribution in [2.75, 3.05) is 13.7 Å². The van der Waals surface area contributed by atoms with Gasteiger partial charge in [0.1, 0.15) is 0 Å². The van der Waals surface area contributed by atoms with E-state index < -0.39 is 0 Å². The SMILES string of the molecule is COC(=O)C(CN)Cc1cnn(C)c1. The molecule has 0 fully saturated rings. The topological polar surface area (TPSA) is 70.1 Å². The number of ether oxygens (including phenoxy) is 1. The van der Waals surface area contributed by atoms with E-state index in [0.29, 0.717) is 13.0 Å². The number of aryl methyl sites for hydroxylation is 1. The fraction of sp³-hybridized carbons (Fsp3) is 0.556. The van der Waals surface area contributed by atoms with Crippen LogP contribution >= 0.6 is 0 Å². The highest BCUT2D eigenvalue weighted by molar-refractivity contribution is 5.72. The molecule has 5 nitrogen and oxygen atoms in total. The van der Waals surface area contributed by atoms with Crippen molar-refractivity contribution < 1.29 is 9.53 Å². The molecule has 1 aromatic rings. The average Bonchev–Trinajstić information content (AvgIpc) is 2.59. The summed E-state index contributed by atoms with van der Waals surface area (Å²) in [6.45, 7) is 0.293. The first kappa shape index (κ1) is 10.7. The minimum Gasteiger partial charge on any atom is -0.469 e. The van der Waals surface area contributed by atoms with Gasteiger partial charge in [-0.1, -0.05) is 0 Å². The second-order valence-electron chi connectivity index (χ2n) is 3.18. The molecular formula is C9H15N3O2. The van der Waals surface area contributed by atoms with Crippen LogP contribution in [0.4, 0.5) is 0 Å². The van der Waals surface area contributed by atoms with E-state index in [0.717, 1.165) is 5.56 Å². The van der Waals surface area contributed by atoms with E-state index in [1.54, 1.807) is 10.9 Å². The van der Waals surface area contributed by atoms with Gasteiger partial charge in [-0.05, 0) is 12.0 Å². The summed E-state index contributed by atoms with van der Waals surface area (Å²) in [5.41, 5.74) is 6.47. The molecule has 0 bridgehead atoms. The summed E-state index contributed by atoms with van der Waals surface area (Å²) < 4.78 is 6.33. The van der Waals surface area contributed by atoms with Gasteiger partial charge in [-0.15, -0.1) is 0 Å². The van der Waals surface area contributed by atoms with Gasteiger partial charge in [0.2, 0.25) is 0 Å². The Bertz CT molecular complexity index is 309. The zero-order valence-electron chi connectivity index (χ0n) is 8.43. The number of hydrogen-bond donors (Lipinski definition) is 1. The molecule has 14 heavy (non-hydrogen) atoms. The maximum absolute atomic E-state index is 11.2. The molecule has 0 aliphatic rings. The van der Waals surface area contributed by atoms with Gasteiger partial charge < -0.3 is 10.5 Å². The molecule has 0 saturated carbocycles. The van der Waals surface area contributed by atoms with E-state index >= 15 is 0 Å². The molecule has 0 radical (unpaired) electrons. The second kappa shape index (κ2) is 4.76. The largest absolute Gasteiger partial charge is 0.469 e. The summed E-state index contributed by atoms with van der Waals surface area (Å²) >= 11 is 0. The lowest BCUT2D eigenvalue weighted by Gasteiger charge is -2.10. The van der Waals surface area contributed by atoms with E-state index in [-0.39, 0.29) is 11.9 Å². The zero-order chi connectivity index (χ0) is 10.6. The number of nitrogens with zero attached hydrogens (tertiary/aromatic N) is 2. The molecule has 0 aromatic carbocycles. The van der Waals surface area contributed by atoms with Crippen molar-refractivity contribution in [2.24, 2.45) is 18.7 Å². The fourth-order valence-corrected chi connectivity index (χ4v) is 1.29. The molecule has 5 heteroatoms. The van der Waals surface area contributed by atoms with Crippen molar-refractivity contribution in [3.63, 3.8) is 0 Å². The van der Waals surface area contributed by atoms with Gasteiger partial charge in [0.15, 0.2) is 0 Å². The van der Waals surface area contributed by atoms with Gasteiger partial charge in [-0.3, -0.25) is 9.48 Å². The van der Waals surface area contributed by atoms with E-state index in [9.17, 15) is 4.79 Å². The number of methoxy groups -OCH3 is 1. The molecule has 0 amide bonds. The maximum atomic E-state index is 11.2. The average molecular weight is 197 g/mol. The van der Waals surface area contributed by atoms with Gasteiger partial charge in [0, 0.05) is 19.8 Å². The molecule has 2 N–H and O–H groups in total. The lowest BCUT2D eigenvalue weighted by Crippen LogP contribution is -2.26. The first-order valence-electron chi connectivity index (χ1n) is 4.42. The summed E-state index contributed by atoms with van der Waals surface area (Å²) in [5.74, 6) is -0.541. The van der Waals surface area contributed by atoms with E-state index in [2.05, 4.69) is 9.84 Å². The van der Waals surface area contributed by atoms with E-state index in [4.69, 9.17) is 5.73 Å². The van der Waals surface area contributed by atoms with Crippen LogP contribution in [0.1, 0.15) is 5.56 Å². The standard InChI is InChI=1S/C9H15N3O2/c1-12-6-7(5-11-12)3-8(4-10)9(13)14-2/h5-6,8H,3-4,10H2,1-2H3. The van der Waals surface area contributed by atoms with Gasteiger partial charge in [0.05, 0.1) is 19.2 Å². The molecular weight excluding hydrogens is 182 g/mol. The summed E-state index contributed by atoms with van der Waals surface area (Å²) in [5, 5.41) is 4.01. The van der Waals surface area contributed by atoms with Crippen LogP contribution in [0.15, 0.2) is 12.4 Å². The number of aromatic nitrogens is 2. The third-order valence-electron chi connectivity index (χ3n) is 2.06. The Balaban J connectivity index is 2.61. The van der Waals surface area contributed by atoms with Crippen molar-refractivity contribution in [3.8, 4) is 0 Å². The van der Waals surface area contributed by atoms with Gasteiger partial charge in [0.25, 0.3) is 0 Å². The van der Waals surface area contributed by atoms with Crippen molar-refractivity contribution >= 4 is 5.97 Å². The van der Waals surface area contributed by atoms with Crippen molar-refractivity contribution in [2.45, 2.75) is 6.42 Å². The van der Waals surface area contributed by atoms with Crippen LogP contribution in [0.5, 0.6) is 0 Å². The molecule has 0 aliphatic carbocycles. The van der Waals surface area contributed by atoms with Crippen LogP contribution < -0.4 is 5.73 Å². The summed E-state index contributed by atoms with van der Waals surface area (Å²) in [4.78, 5) is 11.2. The first-order valence-corrected chi connectivity index (χ1v) is 4.42. The zero-order valence-corrected chi connectivity index (χ0v) is 8.43. The highest BCUT2D eigenvalue weighted by Crippen LogP contribution is 2.08. The van der Waals surface area contributed by atoms with E-state index in [1.165, 1.54) is 7.11 Å². The predicted octanol–water partition coefficient (Wildman–Crippen LogP) is -0.290. The Labute approximate surface area is 82.8 Å². The quantitative estimate of drug-likeness (QED) is 0.673. The summed E-state index contributed by atoms with van der Waals surface area (Å²) in [6, 6.07) is 0. The monoisotopic (exact) mass is 197 g/mol. The Morgan fingerprint density at radius 3 is 2.93 bits per heavy atom. The van der Waals surface area contributed by atoms with Gasteiger partial charge in [-0.25, -0.2) is 0 Å². The minimum absolute atomic E-state index is 0.267. The normalized spacial score (nSPS) is 12.5. The lowest BCUT2D eigenvalue weighted by atomic mass is 10.0. The smallest absolute Gasteiger partial charge is 0.310 e. The molecule has 0 aliphatic heterocycles. The molecule has 1 aromatic heterocycles. The van der Waals surface area contributed by atoms with Gasteiger partial charge in [-0.2, -0.15) is 5.10 Å². The van der Waals surface area contributed by atoms with Crippen LogP contribution in [0.3, 0.4) is 0 Å². The molecule has 78 valence electrons. The molecule has 1 rings (SSSR count). The van der Waals surface area contributed by atoms with Crippen molar-refractivity contribution in [3.05, 3.63) is 18.0 Å². The third kappa shape index (κ3) is 2.56. The van der Waals surface area contributed by atoms with Crippen LogP contribution in [0.2, 0.25) is 0 Å². The summed E-state index contributed by atoms with van der Waals surface area (Å²) in [7, 11) is 3.20.